The Balaban J connectivity index is 1.52. The number of hydrogen-bond acceptors (Lipinski definition) is 5. The molecule has 2 amide bonds. The molecule has 22 heavy (non-hydrogen) atoms. The van der Waals surface area contributed by atoms with Crippen LogP contribution < -0.4 is 5.32 Å². The minimum Gasteiger partial charge on any atom is -0.376 e. The van der Waals surface area contributed by atoms with E-state index in [1.165, 1.54) is 4.88 Å². The van der Waals surface area contributed by atoms with Gasteiger partial charge in [-0.25, -0.2) is 9.78 Å². The molecule has 0 aromatic carbocycles. The zero-order valence-corrected chi connectivity index (χ0v) is 14.2. The number of ether oxygens (including phenoxy) is 1. The van der Waals surface area contributed by atoms with Gasteiger partial charge in [0.05, 0.1) is 23.9 Å². The van der Waals surface area contributed by atoms with Gasteiger partial charge in [-0.3, -0.25) is 4.90 Å². The van der Waals surface area contributed by atoms with E-state index < -0.39 is 0 Å². The fourth-order valence-corrected chi connectivity index (χ4v) is 4.10. The van der Waals surface area contributed by atoms with Crippen LogP contribution in [0.1, 0.15) is 10.6 Å². The minimum absolute atomic E-state index is 0.0291. The average Bonchev–Trinajstić information content (AvgIpc) is 3.14. The minimum atomic E-state index is -0.0291. The summed E-state index contributed by atoms with van der Waals surface area (Å²) in [6.07, 6.45) is 0.314. The Morgan fingerprint density at radius 2 is 2.36 bits per heavy atom. The fourth-order valence-electron chi connectivity index (χ4n) is 3.28. The first-order chi connectivity index (χ1) is 10.5. The number of urea groups is 1. The summed E-state index contributed by atoms with van der Waals surface area (Å²) in [4.78, 5) is 21.4. The number of thiazole rings is 1. The molecule has 1 aromatic rings. The van der Waals surface area contributed by atoms with E-state index >= 15 is 0 Å². The Kier molecular flexibility index (Phi) is 4.65. The highest BCUT2D eigenvalue weighted by Gasteiger charge is 2.43. The Morgan fingerprint density at radius 3 is 3.05 bits per heavy atom. The zero-order chi connectivity index (χ0) is 15.7. The lowest BCUT2D eigenvalue weighted by molar-refractivity contribution is 0.0941. The first-order valence-corrected chi connectivity index (χ1v) is 8.60. The maximum Gasteiger partial charge on any atom is 0.316 e. The van der Waals surface area contributed by atoms with Crippen molar-refractivity contribution < 1.29 is 9.53 Å². The van der Waals surface area contributed by atoms with Crippen molar-refractivity contribution in [1.29, 1.82) is 0 Å². The summed E-state index contributed by atoms with van der Waals surface area (Å²) >= 11 is 1.73. The Hall–Kier alpha value is -1.18. The zero-order valence-electron chi connectivity index (χ0n) is 13.4. The second-order valence-corrected chi connectivity index (χ2v) is 7.37. The van der Waals surface area contributed by atoms with Crippen molar-refractivity contribution in [3.63, 3.8) is 0 Å². The summed E-state index contributed by atoms with van der Waals surface area (Å²) in [5, 5.41) is 2.99. The summed E-state index contributed by atoms with van der Waals surface area (Å²) in [5.41, 5.74) is 3.05. The molecule has 2 fully saturated rings. The number of fused-ring (bicyclic) bond motifs is 1. The molecule has 3 heterocycles. The molecule has 122 valence electrons. The molecule has 0 bridgehead atoms. The molecule has 3 atom stereocenters. The summed E-state index contributed by atoms with van der Waals surface area (Å²) in [7, 11) is 3.52. The lowest BCUT2D eigenvalue weighted by Gasteiger charge is -2.20. The van der Waals surface area contributed by atoms with Crippen LogP contribution in [-0.2, 0) is 11.3 Å². The molecular weight excluding hydrogens is 300 g/mol. The number of amides is 2. The molecule has 0 unspecified atom stereocenters. The first kappa shape index (κ1) is 15.7. The molecular formula is C15H24N4O2S. The maximum absolute atomic E-state index is 11.7. The lowest BCUT2D eigenvalue weighted by Crippen LogP contribution is -2.39. The van der Waals surface area contributed by atoms with Crippen molar-refractivity contribution in [3.05, 3.63) is 16.1 Å². The third-order valence-electron chi connectivity index (χ3n) is 4.65. The average molecular weight is 324 g/mol. The number of likely N-dealkylation sites (tertiary alicyclic amines) is 1. The van der Waals surface area contributed by atoms with Gasteiger partial charge in [-0.2, -0.15) is 0 Å². The number of hydrogen-bond donors (Lipinski definition) is 1. The number of aryl methyl sites for hydroxylation is 1. The van der Waals surface area contributed by atoms with Crippen molar-refractivity contribution in [3.8, 4) is 0 Å². The van der Waals surface area contributed by atoms with Crippen LogP contribution in [0.3, 0.4) is 0 Å². The topological polar surface area (TPSA) is 57.7 Å². The normalized spacial score (nSPS) is 27.9. The second kappa shape index (κ2) is 6.52. The molecule has 7 heteroatoms. The van der Waals surface area contributed by atoms with Crippen LogP contribution in [0.25, 0.3) is 0 Å². The van der Waals surface area contributed by atoms with Crippen molar-refractivity contribution in [2.45, 2.75) is 19.6 Å². The maximum atomic E-state index is 11.7. The highest BCUT2D eigenvalue weighted by Crippen LogP contribution is 2.34. The molecule has 2 aliphatic heterocycles. The van der Waals surface area contributed by atoms with Gasteiger partial charge in [0.15, 0.2) is 0 Å². The second-order valence-electron chi connectivity index (χ2n) is 6.43. The first-order valence-electron chi connectivity index (χ1n) is 7.72. The third kappa shape index (κ3) is 3.26. The van der Waals surface area contributed by atoms with Crippen LogP contribution in [0.2, 0.25) is 0 Å². The van der Waals surface area contributed by atoms with Crippen molar-refractivity contribution in [2.75, 3.05) is 40.3 Å². The standard InChI is InChI=1S/C15H24N4O2S/c1-10-14(22-9-17-10)7-19-5-12-11(8-21-13(12)6-19)4-16-15(20)18(2)3/h9,11-13H,4-8H2,1-3H3,(H,16,20)/t11-,12+,13+/m1/s1. The summed E-state index contributed by atoms with van der Waals surface area (Å²) in [5.74, 6) is 0.942. The van der Waals surface area contributed by atoms with Crippen LogP contribution in [0.5, 0.6) is 0 Å². The molecule has 6 nitrogen and oxygen atoms in total. The lowest BCUT2D eigenvalue weighted by atomic mass is 9.93. The van der Waals surface area contributed by atoms with E-state index in [0.717, 1.165) is 31.9 Å². The van der Waals surface area contributed by atoms with Gasteiger partial charge in [0, 0.05) is 57.0 Å². The number of nitrogens with zero attached hydrogens (tertiary/aromatic N) is 3. The van der Waals surface area contributed by atoms with Crippen LogP contribution in [-0.4, -0.2) is 67.3 Å². The predicted molar refractivity (Wildman–Crippen MR) is 85.9 cm³/mol. The molecule has 0 radical (unpaired) electrons. The Morgan fingerprint density at radius 1 is 1.55 bits per heavy atom. The van der Waals surface area contributed by atoms with Gasteiger partial charge in [-0.15, -0.1) is 11.3 Å². The van der Waals surface area contributed by atoms with Gasteiger partial charge < -0.3 is 15.0 Å². The van der Waals surface area contributed by atoms with Crippen LogP contribution >= 0.6 is 11.3 Å². The molecule has 1 N–H and O–H groups in total. The molecule has 0 aliphatic carbocycles. The summed E-state index contributed by atoms with van der Waals surface area (Å²) in [6, 6.07) is -0.0291. The fraction of sp³-hybridized carbons (Fsp3) is 0.733. The van der Waals surface area contributed by atoms with E-state index in [1.54, 1.807) is 30.3 Å². The number of rotatable bonds is 4. The van der Waals surface area contributed by atoms with Crippen LogP contribution in [0.4, 0.5) is 4.79 Å². The highest BCUT2D eigenvalue weighted by molar-refractivity contribution is 7.09. The van der Waals surface area contributed by atoms with Crippen molar-refractivity contribution in [1.82, 2.24) is 20.1 Å². The molecule has 2 saturated heterocycles. The molecule has 1 aromatic heterocycles. The monoisotopic (exact) mass is 324 g/mol. The van der Waals surface area contributed by atoms with E-state index in [1.807, 2.05) is 5.51 Å². The Bertz CT molecular complexity index is 533. The SMILES string of the molecule is Cc1ncsc1CN1C[C@H]2[C@H](CNC(=O)N(C)C)CO[C@H]2C1. The van der Waals surface area contributed by atoms with Gasteiger partial charge in [-0.05, 0) is 6.92 Å². The van der Waals surface area contributed by atoms with E-state index in [-0.39, 0.29) is 6.03 Å². The van der Waals surface area contributed by atoms with Crippen LogP contribution in [0, 0.1) is 18.8 Å². The molecule has 0 saturated carbocycles. The molecule has 2 aliphatic rings. The molecule has 3 rings (SSSR count). The van der Waals surface area contributed by atoms with Gasteiger partial charge in [0.25, 0.3) is 0 Å². The number of carbonyl (C=O) groups excluding carboxylic acids is 1. The van der Waals surface area contributed by atoms with E-state index in [0.29, 0.717) is 24.5 Å². The summed E-state index contributed by atoms with van der Waals surface area (Å²) < 4.78 is 5.94. The quantitative estimate of drug-likeness (QED) is 0.903. The van der Waals surface area contributed by atoms with Gasteiger partial charge in [0.1, 0.15) is 0 Å². The van der Waals surface area contributed by atoms with E-state index in [4.69, 9.17) is 4.74 Å². The van der Waals surface area contributed by atoms with E-state index in [2.05, 4.69) is 22.1 Å². The predicted octanol–water partition coefficient (Wildman–Crippen LogP) is 1.17. The van der Waals surface area contributed by atoms with Crippen LogP contribution in [0.15, 0.2) is 5.51 Å². The van der Waals surface area contributed by atoms with Gasteiger partial charge in [-0.1, -0.05) is 0 Å². The number of carbonyl (C=O) groups is 1. The largest absolute Gasteiger partial charge is 0.376 e. The highest BCUT2D eigenvalue weighted by atomic mass is 32.1. The van der Waals surface area contributed by atoms with E-state index in [9.17, 15) is 4.79 Å². The third-order valence-corrected chi connectivity index (χ3v) is 5.57. The number of aromatic nitrogens is 1. The van der Waals surface area contributed by atoms with Gasteiger partial charge >= 0.3 is 6.03 Å². The van der Waals surface area contributed by atoms with Crippen molar-refractivity contribution >= 4 is 17.4 Å². The van der Waals surface area contributed by atoms with Crippen molar-refractivity contribution in [2.24, 2.45) is 11.8 Å². The smallest absolute Gasteiger partial charge is 0.316 e. The molecule has 0 spiro atoms. The summed E-state index contributed by atoms with van der Waals surface area (Å²) in [6.45, 7) is 6.52. The Labute approximate surface area is 135 Å². The van der Waals surface area contributed by atoms with Gasteiger partial charge in [0.2, 0.25) is 0 Å². The number of nitrogens with one attached hydrogen (secondary N) is 1.